The molecule has 96 valence electrons. The van der Waals surface area contributed by atoms with E-state index in [-0.39, 0.29) is 17.7 Å². The lowest BCUT2D eigenvalue weighted by atomic mass is 10.1. The first kappa shape index (κ1) is 12.9. The minimum absolute atomic E-state index is 0.113. The lowest BCUT2D eigenvalue weighted by Gasteiger charge is -2.16. The van der Waals surface area contributed by atoms with Crippen LogP contribution < -0.4 is 11.5 Å². The summed E-state index contributed by atoms with van der Waals surface area (Å²) in [5.74, 6) is -0.694. The summed E-state index contributed by atoms with van der Waals surface area (Å²) in [6.07, 6.45) is 0.632. The van der Waals surface area contributed by atoms with E-state index in [2.05, 4.69) is 15.9 Å². The summed E-state index contributed by atoms with van der Waals surface area (Å²) in [4.78, 5) is 24.9. The van der Waals surface area contributed by atoms with E-state index in [1.165, 1.54) is 0 Å². The van der Waals surface area contributed by atoms with E-state index in [4.69, 9.17) is 11.5 Å². The van der Waals surface area contributed by atoms with Crippen molar-refractivity contribution in [2.45, 2.75) is 6.42 Å². The Kier molecular flexibility index (Phi) is 3.56. The summed E-state index contributed by atoms with van der Waals surface area (Å²) in [5, 5.41) is 0. The monoisotopic (exact) mass is 311 g/mol. The van der Waals surface area contributed by atoms with Crippen LogP contribution in [0.25, 0.3) is 0 Å². The molecule has 0 bridgehead atoms. The Hall–Kier alpha value is -1.56. The maximum atomic E-state index is 12.2. The van der Waals surface area contributed by atoms with Crippen molar-refractivity contribution >= 4 is 33.4 Å². The number of carbonyl (C=O) groups is 2. The number of primary amides is 1. The summed E-state index contributed by atoms with van der Waals surface area (Å²) in [6, 6.07) is 5.08. The van der Waals surface area contributed by atoms with Crippen LogP contribution in [-0.2, 0) is 4.79 Å². The number of rotatable bonds is 2. The highest BCUT2D eigenvalue weighted by Gasteiger charge is 2.30. The Morgan fingerprint density at radius 2 is 2.11 bits per heavy atom. The van der Waals surface area contributed by atoms with Crippen molar-refractivity contribution in [3.05, 3.63) is 28.2 Å². The molecular weight excluding hydrogens is 298 g/mol. The van der Waals surface area contributed by atoms with Gasteiger partial charge in [-0.25, -0.2) is 0 Å². The quantitative estimate of drug-likeness (QED) is 0.798. The van der Waals surface area contributed by atoms with Crippen LogP contribution >= 0.6 is 15.9 Å². The van der Waals surface area contributed by atoms with Crippen LogP contribution in [-0.4, -0.2) is 29.8 Å². The van der Waals surface area contributed by atoms with Gasteiger partial charge in [0, 0.05) is 28.8 Å². The lowest BCUT2D eigenvalue weighted by molar-refractivity contribution is -0.121. The van der Waals surface area contributed by atoms with Crippen LogP contribution in [0, 0.1) is 5.92 Å². The molecule has 0 aliphatic carbocycles. The number of hydrogen-bond donors (Lipinski definition) is 2. The first-order valence-electron chi connectivity index (χ1n) is 5.62. The highest BCUT2D eigenvalue weighted by atomic mass is 79.9. The minimum Gasteiger partial charge on any atom is -0.398 e. The molecule has 4 N–H and O–H groups in total. The summed E-state index contributed by atoms with van der Waals surface area (Å²) in [5.41, 5.74) is 12.0. The molecule has 0 saturated carbocycles. The molecule has 0 radical (unpaired) electrons. The highest BCUT2D eigenvalue weighted by molar-refractivity contribution is 9.10. The van der Waals surface area contributed by atoms with Gasteiger partial charge in [0.05, 0.1) is 5.92 Å². The van der Waals surface area contributed by atoms with Crippen LogP contribution in [0.15, 0.2) is 22.7 Å². The number of nitrogen functional groups attached to an aromatic ring is 1. The molecule has 6 heteroatoms. The molecule has 0 spiro atoms. The second-order valence-electron chi connectivity index (χ2n) is 4.38. The van der Waals surface area contributed by atoms with Gasteiger partial charge in [0.15, 0.2) is 0 Å². The molecular formula is C12H14BrN3O2. The topological polar surface area (TPSA) is 89.4 Å². The van der Waals surface area contributed by atoms with Crippen LogP contribution in [0.4, 0.5) is 5.69 Å². The molecule has 0 aromatic heterocycles. The standard InChI is InChI=1S/C12H14BrN3O2/c13-9-2-1-7(5-10(9)14)12(18)16-4-3-8(6-16)11(15)17/h1-2,5,8H,3-4,6,14H2,(H2,15,17). The van der Waals surface area contributed by atoms with Crippen molar-refractivity contribution in [1.29, 1.82) is 0 Å². The summed E-state index contributed by atoms with van der Waals surface area (Å²) in [7, 11) is 0. The Morgan fingerprint density at radius 3 is 2.67 bits per heavy atom. The van der Waals surface area contributed by atoms with Gasteiger partial charge >= 0.3 is 0 Å². The average Bonchev–Trinajstić information content (AvgIpc) is 2.81. The minimum atomic E-state index is -0.347. The van der Waals surface area contributed by atoms with Crippen LogP contribution in [0.3, 0.4) is 0 Å². The zero-order valence-electron chi connectivity index (χ0n) is 9.73. The fourth-order valence-electron chi connectivity index (χ4n) is 2.04. The van der Waals surface area contributed by atoms with E-state index in [1.54, 1.807) is 23.1 Å². The van der Waals surface area contributed by atoms with Gasteiger partial charge in [0.2, 0.25) is 5.91 Å². The second kappa shape index (κ2) is 4.97. The van der Waals surface area contributed by atoms with Crippen LogP contribution in [0.5, 0.6) is 0 Å². The van der Waals surface area contributed by atoms with Crippen LogP contribution in [0.1, 0.15) is 16.8 Å². The van der Waals surface area contributed by atoms with Gasteiger partial charge in [0.25, 0.3) is 5.91 Å². The number of benzene rings is 1. The summed E-state index contributed by atoms with van der Waals surface area (Å²) in [6.45, 7) is 0.951. The molecule has 2 rings (SSSR count). The molecule has 18 heavy (non-hydrogen) atoms. The third kappa shape index (κ3) is 2.48. The number of nitrogens with zero attached hydrogens (tertiary/aromatic N) is 1. The number of carbonyl (C=O) groups excluding carboxylic acids is 2. The Bertz CT molecular complexity index is 504. The third-order valence-electron chi connectivity index (χ3n) is 3.12. The van der Waals surface area contributed by atoms with E-state index in [9.17, 15) is 9.59 Å². The molecule has 1 unspecified atom stereocenters. The number of halogens is 1. The molecule has 1 aliphatic heterocycles. The van der Waals surface area contributed by atoms with Gasteiger partial charge in [-0.3, -0.25) is 9.59 Å². The Labute approximate surface area is 113 Å². The van der Waals surface area contributed by atoms with Crippen molar-refractivity contribution in [3.63, 3.8) is 0 Å². The molecule has 1 saturated heterocycles. The molecule has 1 aromatic carbocycles. The molecule has 1 aromatic rings. The SMILES string of the molecule is NC(=O)C1CCN(C(=O)c2ccc(Br)c(N)c2)C1. The van der Waals surface area contributed by atoms with Crippen molar-refractivity contribution in [2.75, 3.05) is 18.8 Å². The molecule has 1 aliphatic rings. The molecule has 5 nitrogen and oxygen atoms in total. The Balaban J connectivity index is 2.12. The first-order chi connectivity index (χ1) is 8.49. The zero-order valence-corrected chi connectivity index (χ0v) is 11.3. The van der Waals surface area contributed by atoms with Crippen molar-refractivity contribution < 1.29 is 9.59 Å². The highest BCUT2D eigenvalue weighted by Crippen LogP contribution is 2.23. The van der Waals surface area contributed by atoms with Crippen molar-refractivity contribution in [1.82, 2.24) is 4.90 Å². The third-order valence-corrected chi connectivity index (χ3v) is 3.84. The first-order valence-corrected chi connectivity index (χ1v) is 6.42. The largest absolute Gasteiger partial charge is 0.398 e. The van der Waals surface area contributed by atoms with E-state index in [1.807, 2.05) is 0 Å². The molecule has 1 atom stereocenters. The van der Waals surface area contributed by atoms with Crippen molar-refractivity contribution in [2.24, 2.45) is 11.7 Å². The normalized spacial score (nSPS) is 18.9. The smallest absolute Gasteiger partial charge is 0.253 e. The predicted octanol–water partition coefficient (Wildman–Crippen LogP) is 0.979. The molecule has 2 amide bonds. The average molecular weight is 312 g/mol. The van der Waals surface area contributed by atoms with E-state index < -0.39 is 0 Å². The van der Waals surface area contributed by atoms with E-state index >= 15 is 0 Å². The van der Waals surface area contributed by atoms with Gasteiger partial charge in [-0.05, 0) is 40.5 Å². The summed E-state index contributed by atoms with van der Waals surface area (Å²) < 4.78 is 0.760. The fourth-order valence-corrected chi connectivity index (χ4v) is 2.28. The maximum Gasteiger partial charge on any atom is 0.253 e. The fraction of sp³-hybridized carbons (Fsp3) is 0.333. The van der Waals surface area contributed by atoms with Gasteiger partial charge in [-0.1, -0.05) is 0 Å². The van der Waals surface area contributed by atoms with Gasteiger partial charge in [0.1, 0.15) is 0 Å². The zero-order chi connectivity index (χ0) is 13.3. The number of likely N-dealkylation sites (tertiary alicyclic amines) is 1. The second-order valence-corrected chi connectivity index (χ2v) is 5.23. The maximum absolute atomic E-state index is 12.2. The van der Waals surface area contributed by atoms with Gasteiger partial charge in [-0.15, -0.1) is 0 Å². The van der Waals surface area contributed by atoms with Gasteiger partial charge in [-0.2, -0.15) is 0 Å². The molecule has 1 heterocycles. The van der Waals surface area contributed by atoms with Gasteiger partial charge < -0.3 is 16.4 Å². The van der Waals surface area contributed by atoms with E-state index in [0.29, 0.717) is 30.8 Å². The lowest BCUT2D eigenvalue weighted by Crippen LogP contribution is -2.31. The Morgan fingerprint density at radius 1 is 1.39 bits per heavy atom. The number of anilines is 1. The number of amides is 2. The number of nitrogens with two attached hydrogens (primary N) is 2. The van der Waals surface area contributed by atoms with Crippen molar-refractivity contribution in [3.8, 4) is 0 Å². The number of hydrogen-bond acceptors (Lipinski definition) is 3. The predicted molar refractivity (Wildman–Crippen MR) is 71.8 cm³/mol. The van der Waals surface area contributed by atoms with E-state index in [0.717, 1.165) is 4.47 Å². The molecule has 1 fully saturated rings. The van der Waals surface area contributed by atoms with Crippen LogP contribution in [0.2, 0.25) is 0 Å². The summed E-state index contributed by atoms with van der Waals surface area (Å²) >= 11 is 3.28.